The molecule has 65 heavy (non-hydrogen) atoms. The number of sulfonamides is 2. The predicted molar refractivity (Wildman–Crippen MR) is 239 cm³/mol. The Labute approximate surface area is 377 Å². The molecule has 0 amide bonds. The first-order valence-electron chi connectivity index (χ1n) is 19.6. The third-order valence-electron chi connectivity index (χ3n) is 9.68. The largest absolute Gasteiger partial charge is 0.486 e. The molecule has 0 aliphatic carbocycles. The highest BCUT2D eigenvalue weighted by molar-refractivity contribution is 7.89. The maximum absolute atomic E-state index is 14.8. The summed E-state index contributed by atoms with van der Waals surface area (Å²) in [6.07, 6.45) is 1.93. The van der Waals surface area contributed by atoms with E-state index in [9.17, 15) is 34.4 Å². The Morgan fingerprint density at radius 3 is 1.62 bits per heavy atom. The van der Waals surface area contributed by atoms with Crippen LogP contribution in [0.3, 0.4) is 0 Å². The summed E-state index contributed by atoms with van der Waals surface area (Å²) in [6.45, 7) is 9.94. The molecule has 16 nitrogen and oxygen atoms in total. The van der Waals surface area contributed by atoms with Crippen LogP contribution in [0.2, 0.25) is 5.28 Å². The molecule has 344 valence electrons. The van der Waals surface area contributed by atoms with Crippen LogP contribution in [0.25, 0.3) is 22.5 Å². The number of nitrogen functional groups attached to an aromatic ring is 1. The zero-order valence-electron chi connectivity index (χ0n) is 35.1. The third kappa shape index (κ3) is 11.7. The van der Waals surface area contributed by atoms with Crippen molar-refractivity contribution in [3.63, 3.8) is 0 Å². The third-order valence-corrected chi connectivity index (χ3v) is 11.7. The van der Waals surface area contributed by atoms with Crippen molar-refractivity contribution in [2.45, 2.75) is 49.6 Å². The lowest BCUT2D eigenvalue weighted by atomic mass is 10.1. The summed E-state index contributed by atoms with van der Waals surface area (Å²) in [5.41, 5.74) is 7.55. The second-order valence-corrected chi connectivity index (χ2v) is 18.4. The Hall–Kier alpha value is -6.33. The monoisotopic (exact) mass is 958 g/mol. The molecule has 2 aromatic heterocycles. The molecule has 4 aromatic carbocycles. The van der Waals surface area contributed by atoms with E-state index < -0.39 is 43.3 Å². The molecule has 2 aliphatic heterocycles. The van der Waals surface area contributed by atoms with E-state index in [-0.39, 0.29) is 61.6 Å². The van der Waals surface area contributed by atoms with E-state index in [1.54, 1.807) is 24.3 Å². The van der Waals surface area contributed by atoms with Crippen molar-refractivity contribution in [1.82, 2.24) is 19.9 Å². The van der Waals surface area contributed by atoms with Gasteiger partial charge in [-0.05, 0) is 100.0 Å². The lowest BCUT2D eigenvalue weighted by Crippen LogP contribution is -2.38. The van der Waals surface area contributed by atoms with E-state index in [4.69, 9.17) is 37.1 Å². The number of hydrogen-bond acceptors (Lipinski definition) is 14. The standard InChI is InChI=1S/C21H21F2N5O3S.C15H14ClF2N3O.C6H8N2O2S/c1-12(2)28-6-7-31-20-16(22)8-13(9-18(20)28)19-17(23)11-25-21(27-19)26-14-4-3-5-15(10-14)32(24,29)30;1-8(2)21-3-4-22-14-10(17)5-9(6-12(14)21)13-11(18)7-19-15(16)20-13;7-5-2-1-3-6(4-5)11(8,9)10/h3-5,8-12H,6-7H2,1-2H3,(H2,24,29,30)(H,25,26,27);5-8H,3-4H2,1-2H3;1-4H,7H2,(H2,8,9,10). The lowest BCUT2D eigenvalue weighted by molar-refractivity contribution is 0.287. The molecule has 4 heterocycles. The van der Waals surface area contributed by atoms with Crippen molar-refractivity contribution in [1.29, 1.82) is 0 Å². The van der Waals surface area contributed by atoms with Crippen LogP contribution in [-0.4, -0.2) is 75.2 Å². The number of nitrogens with two attached hydrogens (primary N) is 3. The number of nitrogens with zero attached hydrogens (tertiary/aromatic N) is 6. The number of fused-ring (bicyclic) bond motifs is 2. The SMILES string of the molecule is CC(C)N1CCOc2c(F)cc(-c3nc(Cl)ncc3F)cc21.CC(C)N1CCOc2c(F)cc(-c3nc(Nc4cccc(S(N)(=O)=O)c4)ncc3F)cc21.Nc1cccc(S(N)(=O)=O)c1. The van der Waals surface area contributed by atoms with E-state index in [1.807, 2.05) is 37.5 Å². The van der Waals surface area contributed by atoms with Gasteiger partial charge in [0, 0.05) is 34.6 Å². The summed E-state index contributed by atoms with van der Waals surface area (Å²) in [4.78, 5) is 19.4. The van der Waals surface area contributed by atoms with Gasteiger partial charge >= 0.3 is 0 Å². The number of aromatic nitrogens is 4. The number of hydrogen-bond donors (Lipinski definition) is 4. The van der Waals surface area contributed by atoms with Gasteiger partial charge in [-0.2, -0.15) is 0 Å². The van der Waals surface area contributed by atoms with E-state index in [1.165, 1.54) is 48.5 Å². The fraction of sp³-hybridized carbons (Fsp3) is 0.238. The fourth-order valence-corrected chi connectivity index (χ4v) is 7.96. The van der Waals surface area contributed by atoms with Crippen molar-refractivity contribution in [3.05, 3.63) is 114 Å². The molecule has 6 aromatic rings. The first-order chi connectivity index (χ1) is 30.6. The highest BCUT2D eigenvalue weighted by Gasteiger charge is 2.27. The first kappa shape index (κ1) is 48.1. The van der Waals surface area contributed by atoms with Gasteiger partial charge in [0.1, 0.15) is 24.6 Å². The topological polar surface area (TPSA) is 235 Å². The highest BCUT2D eigenvalue weighted by atomic mass is 35.5. The van der Waals surface area contributed by atoms with Gasteiger partial charge in [0.05, 0.1) is 46.6 Å². The van der Waals surface area contributed by atoms with E-state index >= 15 is 0 Å². The van der Waals surface area contributed by atoms with Gasteiger partial charge in [-0.1, -0.05) is 12.1 Å². The number of anilines is 5. The second-order valence-electron chi connectivity index (χ2n) is 14.9. The van der Waals surface area contributed by atoms with Crippen LogP contribution < -0.4 is 40.6 Å². The van der Waals surface area contributed by atoms with Crippen molar-refractivity contribution in [3.8, 4) is 34.0 Å². The molecule has 0 saturated carbocycles. The number of halogens is 5. The predicted octanol–water partition coefficient (Wildman–Crippen LogP) is 7.02. The Morgan fingerprint density at radius 1 is 0.662 bits per heavy atom. The van der Waals surface area contributed by atoms with Gasteiger partial charge in [-0.25, -0.2) is 64.6 Å². The smallest absolute Gasteiger partial charge is 0.238 e. The molecule has 8 rings (SSSR count). The zero-order valence-corrected chi connectivity index (χ0v) is 37.5. The minimum Gasteiger partial charge on any atom is -0.486 e. The number of benzene rings is 4. The molecule has 2 aliphatic rings. The van der Waals surface area contributed by atoms with Crippen LogP contribution in [0, 0.1) is 23.3 Å². The molecule has 7 N–H and O–H groups in total. The van der Waals surface area contributed by atoms with Gasteiger partial charge in [-0.3, -0.25) is 0 Å². The molecule has 0 spiro atoms. The van der Waals surface area contributed by atoms with Crippen molar-refractivity contribution in [2.24, 2.45) is 10.3 Å². The normalized spacial score (nSPS) is 13.4. The van der Waals surface area contributed by atoms with Crippen LogP contribution in [0.4, 0.5) is 46.3 Å². The summed E-state index contributed by atoms with van der Waals surface area (Å²) in [7, 11) is -7.51. The van der Waals surface area contributed by atoms with Crippen LogP contribution in [0.5, 0.6) is 11.5 Å². The number of ether oxygens (including phenoxy) is 2. The molecule has 0 atom stereocenters. The Balaban J connectivity index is 0.000000182. The summed E-state index contributed by atoms with van der Waals surface area (Å²) in [5.74, 6) is -2.24. The van der Waals surface area contributed by atoms with Gasteiger partial charge in [-0.15, -0.1) is 0 Å². The molecule has 0 radical (unpaired) electrons. The lowest BCUT2D eigenvalue weighted by Gasteiger charge is -2.34. The van der Waals surface area contributed by atoms with Gasteiger partial charge in [0.15, 0.2) is 34.8 Å². The summed E-state index contributed by atoms with van der Waals surface area (Å²) in [5, 5.41) is 12.7. The molecule has 0 bridgehead atoms. The first-order valence-corrected chi connectivity index (χ1v) is 23.0. The zero-order chi connectivity index (χ0) is 47.4. The van der Waals surface area contributed by atoms with Crippen LogP contribution in [-0.2, 0) is 20.0 Å². The number of primary sulfonamides is 2. The minimum atomic E-state index is -3.90. The van der Waals surface area contributed by atoms with Crippen LogP contribution >= 0.6 is 11.6 Å². The molecular weight excluding hydrogens is 916 g/mol. The molecule has 0 fully saturated rings. The average molecular weight is 959 g/mol. The fourth-order valence-electron chi connectivity index (χ4n) is 6.70. The van der Waals surface area contributed by atoms with Crippen molar-refractivity contribution in [2.75, 3.05) is 47.2 Å². The second kappa shape index (κ2) is 19.8. The van der Waals surface area contributed by atoms with Gasteiger partial charge < -0.3 is 30.3 Å². The maximum Gasteiger partial charge on any atom is 0.238 e. The van der Waals surface area contributed by atoms with Crippen LogP contribution in [0.15, 0.2) is 95.0 Å². The Bertz CT molecular complexity index is 2960. The minimum absolute atomic E-state index is 0.00284. The van der Waals surface area contributed by atoms with E-state index in [2.05, 4.69) is 25.3 Å². The molecule has 0 saturated heterocycles. The van der Waals surface area contributed by atoms with Gasteiger partial charge in [0.25, 0.3) is 0 Å². The van der Waals surface area contributed by atoms with Crippen molar-refractivity contribution < 1.29 is 43.9 Å². The van der Waals surface area contributed by atoms with Gasteiger partial charge in [0.2, 0.25) is 31.3 Å². The molecule has 23 heteroatoms. The summed E-state index contributed by atoms with van der Waals surface area (Å²) in [6, 6.07) is 17.5. The molecular formula is C42H43ClF4N10O6S2. The Kier molecular flexibility index (Phi) is 14.7. The summed E-state index contributed by atoms with van der Waals surface area (Å²) < 4.78 is 113. The molecule has 0 unspecified atom stereocenters. The summed E-state index contributed by atoms with van der Waals surface area (Å²) >= 11 is 5.71. The van der Waals surface area contributed by atoms with Crippen LogP contribution in [0.1, 0.15) is 27.7 Å². The van der Waals surface area contributed by atoms with E-state index in [0.29, 0.717) is 54.6 Å². The number of nitrogens with one attached hydrogen (secondary N) is 1. The maximum atomic E-state index is 14.8. The number of rotatable bonds is 8. The van der Waals surface area contributed by atoms with Crippen molar-refractivity contribution >= 4 is 60.3 Å². The quantitative estimate of drug-likeness (QED) is 0.0682. The Morgan fingerprint density at radius 2 is 1.14 bits per heavy atom. The average Bonchev–Trinajstić information content (AvgIpc) is 3.24. The highest BCUT2D eigenvalue weighted by Crippen LogP contribution is 2.41. The van der Waals surface area contributed by atoms with E-state index in [0.717, 1.165) is 12.4 Å².